The molecule has 12 heavy (non-hydrogen) atoms. The van der Waals surface area contributed by atoms with Gasteiger partial charge in [0.25, 0.3) is 0 Å². The molecule has 0 aliphatic heterocycles. The first-order chi connectivity index (χ1) is 5.24. The molecule has 3 N–H and O–H groups in total. The highest BCUT2D eigenvalue weighted by Crippen LogP contribution is 1.95. The van der Waals surface area contributed by atoms with E-state index in [2.05, 4.69) is 10.3 Å². The molecule has 1 aromatic rings. The minimum Gasteiger partial charge on any atom is -0.423 e. The standard InChI is InChI=1S/C6H9BN2O2.ClH/c1-8-6-3-2-5(4-9-6)7(10)11;/h2-4,10-11H,1H3,(H,8,9);1H. The molecule has 0 saturated carbocycles. The maximum absolute atomic E-state index is 8.68. The molecule has 1 heterocycles. The van der Waals surface area contributed by atoms with Gasteiger partial charge < -0.3 is 15.4 Å². The average Bonchev–Trinajstić information content (AvgIpc) is 2.05. The van der Waals surface area contributed by atoms with Crippen LogP contribution >= 0.6 is 12.4 Å². The third-order valence-electron chi connectivity index (χ3n) is 1.34. The van der Waals surface area contributed by atoms with Crippen LogP contribution in [0.25, 0.3) is 0 Å². The summed E-state index contributed by atoms with van der Waals surface area (Å²) in [4.78, 5) is 3.89. The first kappa shape index (κ1) is 11.2. The Morgan fingerprint density at radius 2 is 2.08 bits per heavy atom. The van der Waals surface area contributed by atoms with E-state index in [1.165, 1.54) is 6.20 Å². The third kappa shape index (κ3) is 2.69. The molecule has 0 aromatic carbocycles. The molecule has 0 amide bonds. The van der Waals surface area contributed by atoms with E-state index in [0.29, 0.717) is 11.3 Å². The number of anilines is 1. The van der Waals surface area contributed by atoms with Gasteiger partial charge in [0, 0.05) is 18.7 Å². The van der Waals surface area contributed by atoms with Gasteiger partial charge in [-0.1, -0.05) is 6.07 Å². The predicted molar refractivity (Wildman–Crippen MR) is 50.9 cm³/mol. The Labute approximate surface area is 77.2 Å². The van der Waals surface area contributed by atoms with Gasteiger partial charge >= 0.3 is 7.12 Å². The van der Waals surface area contributed by atoms with Gasteiger partial charge in [-0.05, 0) is 6.07 Å². The van der Waals surface area contributed by atoms with Crippen LogP contribution in [0.5, 0.6) is 0 Å². The number of rotatable bonds is 2. The maximum atomic E-state index is 8.68. The van der Waals surface area contributed by atoms with Crippen LogP contribution in [0.1, 0.15) is 0 Å². The molecule has 1 rings (SSSR count). The fourth-order valence-electron chi connectivity index (χ4n) is 0.706. The fraction of sp³-hybridized carbons (Fsp3) is 0.167. The van der Waals surface area contributed by atoms with E-state index in [9.17, 15) is 0 Å². The second-order valence-corrected chi connectivity index (χ2v) is 2.10. The van der Waals surface area contributed by atoms with Gasteiger partial charge in [0.2, 0.25) is 0 Å². The van der Waals surface area contributed by atoms with Crippen molar-refractivity contribution in [2.75, 3.05) is 12.4 Å². The Morgan fingerprint density at radius 3 is 2.42 bits per heavy atom. The van der Waals surface area contributed by atoms with Crippen LogP contribution in [0.2, 0.25) is 0 Å². The second-order valence-electron chi connectivity index (χ2n) is 2.10. The highest BCUT2D eigenvalue weighted by atomic mass is 35.5. The van der Waals surface area contributed by atoms with Crippen molar-refractivity contribution in [3.8, 4) is 0 Å². The first-order valence-electron chi connectivity index (χ1n) is 3.24. The van der Waals surface area contributed by atoms with Crippen LogP contribution in [0.4, 0.5) is 5.82 Å². The Kier molecular flexibility index (Phi) is 4.65. The monoisotopic (exact) mass is 188 g/mol. The number of pyridine rings is 1. The molecule has 0 saturated heterocycles. The minimum absolute atomic E-state index is 0. The molecular weight excluding hydrogens is 178 g/mol. The van der Waals surface area contributed by atoms with E-state index in [-0.39, 0.29) is 12.4 Å². The smallest absolute Gasteiger partial charge is 0.423 e. The van der Waals surface area contributed by atoms with Crippen molar-refractivity contribution >= 4 is 30.8 Å². The topological polar surface area (TPSA) is 65.4 Å². The first-order valence-corrected chi connectivity index (χ1v) is 3.24. The van der Waals surface area contributed by atoms with Crippen LogP contribution in [0.15, 0.2) is 18.3 Å². The van der Waals surface area contributed by atoms with Gasteiger partial charge in [0.15, 0.2) is 0 Å². The molecule has 0 bridgehead atoms. The van der Waals surface area contributed by atoms with E-state index in [1.807, 2.05) is 0 Å². The number of halogens is 1. The number of aromatic nitrogens is 1. The van der Waals surface area contributed by atoms with Crippen molar-refractivity contribution in [3.63, 3.8) is 0 Å². The summed E-state index contributed by atoms with van der Waals surface area (Å²) < 4.78 is 0. The Hall–Kier alpha value is -0.775. The summed E-state index contributed by atoms with van der Waals surface area (Å²) in [6.45, 7) is 0. The second kappa shape index (κ2) is 4.98. The summed E-state index contributed by atoms with van der Waals surface area (Å²) in [5.74, 6) is 0.703. The lowest BCUT2D eigenvalue weighted by Crippen LogP contribution is -2.29. The van der Waals surface area contributed by atoms with Gasteiger partial charge in [-0.15, -0.1) is 12.4 Å². The summed E-state index contributed by atoms with van der Waals surface area (Å²) in [5.41, 5.74) is 0.393. The SMILES string of the molecule is CNc1ccc(B(O)O)cn1.Cl. The number of nitrogens with zero attached hydrogens (tertiary/aromatic N) is 1. The van der Waals surface area contributed by atoms with E-state index in [1.54, 1.807) is 19.2 Å². The van der Waals surface area contributed by atoms with Gasteiger partial charge in [-0.25, -0.2) is 4.98 Å². The molecule has 0 aliphatic rings. The molecule has 1 aromatic heterocycles. The normalized spacial score (nSPS) is 8.58. The van der Waals surface area contributed by atoms with Gasteiger partial charge in [-0.3, -0.25) is 0 Å². The van der Waals surface area contributed by atoms with Gasteiger partial charge in [0.1, 0.15) is 5.82 Å². The maximum Gasteiger partial charge on any atom is 0.490 e. The molecular formula is C6H10BClN2O2. The summed E-state index contributed by atoms with van der Waals surface area (Å²) in [6.07, 6.45) is 1.41. The Bertz CT molecular complexity index is 229. The Balaban J connectivity index is 0.00000121. The Morgan fingerprint density at radius 1 is 1.42 bits per heavy atom. The minimum atomic E-state index is -1.44. The lowest BCUT2D eigenvalue weighted by molar-refractivity contribution is 0.425. The van der Waals surface area contributed by atoms with E-state index < -0.39 is 7.12 Å². The fourth-order valence-corrected chi connectivity index (χ4v) is 0.706. The zero-order chi connectivity index (χ0) is 8.27. The van der Waals surface area contributed by atoms with Crippen LogP contribution < -0.4 is 10.8 Å². The van der Waals surface area contributed by atoms with Crippen molar-refractivity contribution in [2.45, 2.75) is 0 Å². The molecule has 0 aliphatic carbocycles. The zero-order valence-electron chi connectivity index (χ0n) is 6.56. The third-order valence-corrected chi connectivity index (χ3v) is 1.34. The molecule has 66 valence electrons. The van der Waals surface area contributed by atoms with E-state index >= 15 is 0 Å². The van der Waals surface area contributed by atoms with Crippen molar-refractivity contribution in [1.29, 1.82) is 0 Å². The number of nitrogens with one attached hydrogen (secondary N) is 1. The van der Waals surface area contributed by atoms with Crippen LogP contribution in [-0.4, -0.2) is 29.2 Å². The lowest BCUT2D eigenvalue weighted by atomic mass is 9.82. The van der Waals surface area contributed by atoms with Gasteiger partial charge in [-0.2, -0.15) is 0 Å². The molecule has 0 atom stereocenters. The van der Waals surface area contributed by atoms with Crippen molar-refractivity contribution < 1.29 is 10.0 Å². The van der Waals surface area contributed by atoms with E-state index in [4.69, 9.17) is 10.0 Å². The predicted octanol–water partition coefficient (Wildman–Crippen LogP) is -0.775. The summed E-state index contributed by atoms with van der Waals surface area (Å²) in [6, 6.07) is 3.28. The molecule has 6 heteroatoms. The largest absolute Gasteiger partial charge is 0.490 e. The van der Waals surface area contributed by atoms with E-state index in [0.717, 1.165) is 0 Å². The summed E-state index contributed by atoms with van der Waals surface area (Å²) in [5, 5.41) is 20.2. The van der Waals surface area contributed by atoms with Crippen LogP contribution in [0.3, 0.4) is 0 Å². The van der Waals surface area contributed by atoms with Crippen LogP contribution in [-0.2, 0) is 0 Å². The van der Waals surface area contributed by atoms with Crippen molar-refractivity contribution in [1.82, 2.24) is 4.98 Å². The number of hydrogen-bond donors (Lipinski definition) is 3. The zero-order valence-corrected chi connectivity index (χ0v) is 7.38. The highest BCUT2D eigenvalue weighted by Gasteiger charge is 2.09. The van der Waals surface area contributed by atoms with Crippen molar-refractivity contribution in [3.05, 3.63) is 18.3 Å². The highest BCUT2D eigenvalue weighted by molar-refractivity contribution is 6.58. The van der Waals surface area contributed by atoms with Gasteiger partial charge in [0.05, 0.1) is 0 Å². The molecule has 0 spiro atoms. The number of hydrogen-bond acceptors (Lipinski definition) is 4. The quantitative estimate of drug-likeness (QED) is 0.533. The molecule has 0 radical (unpaired) electrons. The lowest BCUT2D eigenvalue weighted by Gasteiger charge is -2.00. The average molecular weight is 188 g/mol. The molecule has 0 fully saturated rings. The van der Waals surface area contributed by atoms with Crippen molar-refractivity contribution in [2.24, 2.45) is 0 Å². The summed E-state index contributed by atoms with van der Waals surface area (Å²) >= 11 is 0. The molecule has 4 nitrogen and oxygen atoms in total. The molecule has 0 unspecified atom stereocenters. The van der Waals surface area contributed by atoms with Crippen LogP contribution in [0, 0.1) is 0 Å². The summed E-state index contributed by atoms with van der Waals surface area (Å²) in [7, 11) is 0.311.